The van der Waals surface area contributed by atoms with Crippen molar-refractivity contribution in [3.05, 3.63) is 0 Å². The van der Waals surface area contributed by atoms with Crippen LogP contribution in [0.4, 0.5) is 0 Å². The van der Waals surface area contributed by atoms with Crippen LogP contribution < -0.4 is 10.6 Å². The third kappa shape index (κ3) is 6.47. The van der Waals surface area contributed by atoms with Crippen molar-refractivity contribution in [3.8, 4) is 0 Å². The molecule has 1 saturated carbocycles. The molecule has 0 saturated heterocycles. The van der Waals surface area contributed by atoms with E-state index in [1.165, 1.54) is 25.7 Å². The van der Waals surface area contributed by atoms with Gasteiger partial charge in [0, 0.05) is 32.0 Å². The molecule has 1 rings (SSSR count). The first-order valence-electron chi connectivity index (χ1n) is 7.93. The van der Waals surface area contributed by atoms with Gasteiger partial charge in [0.15, 0.2) is 5.96 Å². The number of ether oxygens (including phenoxy) is 1. The lowest BCUT2D eigenvalue weighted by Gasteiger charge is -2.32. The number of thioether (sulfide) groups is 1. The van der Waals surface area contributed by atoms with Gasteiger partial charge in [-0.05, 0) is 30.9 Å². The monoisotopic (exact) mass is 315 g/mol. The zero-order valence-corrected chi connectivity index (χ0v) is 15.3. The first kappa shape index (κ1) is 18.6. The molecule has 1 fully saturated rings. The van der Waals surface area contributed by atoms with E-state index >= 15 is 0 Å². The fourth-order valence-electron chi connectivity index (χ4n) is 2.81. The van der Waals surface area contributed by atoms with Gasteiger partial charge in [0.05, 0.1) is 6.10 Å². The maximum absolute atomic E-state index is 5.59. The molecule has 3 unspecified atom stereocenters. The average Bonchev–Trinajstić information content (AvgIpc) is 2.45. The van der Waals surface area contributed by atoms with E-state index in [0.29, 0.717) is 6.04 Å². The second kappa shape index (κ2) is 8.89. The SMILES string of the molecule is CN=C(NCC(OC)C(C)(C)C)NC1CCCC(SC)C1. The molecule has 0 aromatic rings. The quantitative estimate of drug-likeness (QED) is 0.605. The van der Waals surface area contributed by atoms with Crippen LogP contribution in [0.1, 0.15) is 46.5 Å². The Kier molecular flexibility index (Phi) is 7.88. The van der Waals surface area contributed by atoms with E-state index in [-0.39, 0.29) is 11.5 Å². The van der Waals surface area contributed by atoms with Crippen LogP contribution >= 0.6 is 11.8 Å². The van der Waals surface area contributed by atoms with Crippen LogP contribution in [0.3, 0.4) is 0 Å². The first-order chi connectivity index (χ1) is 9.90. The highest BCUT2D eigenvalue weighted by Gasteiger charge is 2.25. The molecule has 0 aromatic carbocycles. The Balaban J connectivity index is 2.45. The summed E-state index contributed by atoms with van der Waals surface area (Å²) in [6, 6.07) is 0.540. The minimum absolute atomic E-state index is 0.120. The third-order valence-corrected chi connectivity index (χ3v) is 5.32. The second-order valence-electron chi connectivity index (χ2n) is 6.91. The van der Waals surface area contributed by atoms with Crippen LogP contribution in [0.2, 0.25) is 0 Å². The molecule has 0 radical (unpaired) electrons. The number of hydrogen-bond donors (Lipinski definition) is 2. The van der Waals surface area contributed by atoms with Crippen LogP contribution in [0.25, 0.3) is 0 Å². The summed E-state index contributed by atoms with van der Waals surface area (Å²) >= 11 is 1.99. The van der Waals surface area contributed by atoms with Crippen molar-refractivity contribution < 1.29 is 4.74 Å². The van der Waals surface area contributed by atoms with Crippen molar-refractivity contribution in [1.82, 2.24) is 10.6 Å². The molecule has 4 nitrogen and oxygen atoms in total. The summed E-state index contributed by atoms with van der Waals surface area (Å²) in [5.41, 5.74) is 0.120. The van der Waals surface area contributed by atoms with Gasteiger partial charge in [-0.25, -0.2) is 0 Å². The van der Waals surface area contributed by atoms with Gasteiger partial charge in [-0.2, -0.15) is 11.8 Å². The summed E-state index contributed by atoms with van der Waals surface area (Å²) in [5.74, 6) is 0.896. The van der Waals surface area contributed by atoms with Crippen LogP contribution in [-0.4, -0.2) is 50.3 Å². The van der Waals surface area contributed by atoms with Gasteiger partial charge in [0.25, 0.3) is 0 Å². The second-order valence-corrected chi connectivity index (χ2v) is 8.05. The third-order valence-electron chi connectivity index (χ3n) is 4.23. The van der Waals surface area contributed by atoms with Gasteiger partial charge in [0.2, 0.25) is 0 Å². The highest BCUT2D eigenvalue weighted by atomic mass is 32.2. The van der Waals surface area contributed by atoms with Crippen molar-refractivity contribution in [3.63, 3.8) is 0 Å². The van der Waals surface area contributed by atoms with Crippen molar-refractivity contribution in [1.29, 1.82) is 0 Å². The number of nitrogens with zero attached hydrogens (tertiary/aromatic N) is 1. The zero-order valence-electron chi connectivity index (χ0n) is 14.5. The maximum atomic E-state index is 5.59. The summed E-state index contributed by atoms with van der Waals surface area (Å²) in [5, 5.41) is 7.77. The van der Waals surface area contributed by atoms with E-state index in [1.807, 2.05) is 18.8 Å². The molecule has 0 heterocycles. The fourth-order valence-corrected chi connectivity index (χ4v) is 3.64. The Morgan fingerprint density at radius 1 is 1.38 bits per heavy atom. The molecule has 5 heteroatoms. The smallest absolute Gasteiger partial charge is 0.191 e. The lowest BCUT2D eigenvalue weighted by molar-refractivity contribution is 0.0205. The van der Waals surface area contributed by atoms with Gasteiger partial charge in [-0.1, -0.05) is 27.2 Å². The highest BCUT2D eigenvalue weighted by molar-refractivity contribution is 7.99. The first-order valence-corrected chi connectivity index (χ1v) is 9.22. The molecule has 0 bridgehead atoms. The summed E-state index contributed by atoms with van der Waals surface area (Å²) in [4.78, 5) is 4.35. The van der Waals surface area contributed by atoms with Gasteiger partial charge in [-0.3, -0.25) is 4.99 Å². The average molecular weight is 316 g/mol. The van der Waals surface area contributed by atoms with Crippen molar-refractivity contribution in [2.45, 2.75) is 63.9 Å². The van der Waals surface area contributed by atoms with Crippen LogP contribution in [0.15, 0.2) is 4.99 Å². The zero-order chi connectivity index (χ0) is 15.9. The topological polar surface area (TPSA) is 45.7 Å². The number of rotatable bonds is 5. The lowest BCUT2D eigenvalue weighted by Crippen LogP contribution is -2.49. The highest BCUT2D eigenvalue weighted by Crippen LogP contribution is 2.26. The standard InChI is InChI=1S/C16H33N3OS/c1-16(2,3)14(20-5)11-18-15(17-4)19-12-8-7-9-13(10-12)21-6/h12-14H,7-11H2,1-6H3,(H2,17,18,19). The molecule has 1 aliphatic carbocycles. The van der Waals surface area contributed by atoms with E-state index in [2.05, 4.69) is 42.7 Å². The molecular formula is C16H33N3OS. The van der Waals surface area contributed by atoms with E-state index in [4.69, 9.17) is 4.74 Å². The molecule has 3 atom stereocenters. The van der Waals surface area contributed by atoms with E-state index in [9.17, 15) is 0 Å². The Labute approximate surface area is 134 Å². The van der Waals surface area contributed by atoms with Crippen molar-refractivity contribution in [2.24, 2.45) is 10.4 Å². The van der Waals surface area contributed by atoms with Gasteiger partial charge >= 0.3 is 0 Å². The van der Waals surface area contributed by atoms with Crippen LogP contribution in [0, 0.1) is 5.41 Å². The van der Waals surface area contributed by atoms with Crippen molar-refractivity contribution in [2.75, 3.05) is 27.0 Å². The number of nitrogens with one attached hydrogen (secondary N) is 2. The largest absolute Gasteiger partial charge is 0.379 e. The molecule has 0 spiro atoms. The van der Waals surface area contributed by atoms with Crippen LogP contribution in [-0.2, 0) is 4.74 Å². The Bertz CT molecular complexity index is 328. The summed E-state index contributed by atoms with van der Waals surface area (Å²) in [6.45, 7) is 7.37. The predicted octanol–water partition coefficient (Wildman–Crippen LogP) is 2.89. The van der Waals surface area contributed by atoms with E-state index in [0.717, 1.165) is 17.8 Å². The number of guanidine groups is 1. The Morgan fingerprint density at radius 3 is 2.62 bits per heavy atom. The molecule has 2 N–H and O–H groups in total. The molecule has 21 heavy (non-hydrogen) atoms. The molecular weight excluding hydrogens is 282 g/mol. The van der Waals surface area contributed by atoms with E-state index < -0.39 is 0 Å². The maximum Gasteiger partial charge on any atom is 0.191 e. The Morgan fingerprint density at radius 2 is 2.10 bits per heavy atom. The number of methoxy groups -OCH3 is 1. The van der Waals surface area contributed by atoms with Gasteiger partial charge < -0.3 is 15.4 Å². The molecule has 124 valence electrons. The van der Waals surface area contributed by atoms with Gasteiger partial charge in [0.1, 0.15) is 0 Å². The summed E-state index contributed by atoms with van der Waals surface area (Å²) < 4.78 is 5.59. The van der Waals surface area contributed by atoms with Crippen molar-refractivity contribution >= 4 is 17.7 Å². The minimum atomic E-state index is 0.120. The minimum Gasteiger partial charge on any atom is -0.379 e. The summed E-state index contributed by atoms with van der Waals surface area (Å²) in [6.07, 6.45) is 7.51. The molecule has 0 aliphatic heterocycles. The van der Waals surface area contributed by atoms with Crippen LogP contribution in [0.5, 0.6) is 0 Å². The normalized spacial score (nSPS) is 25.5. The molecule has 1 aliphatic rings. The summed E-state index contributed by atoms with van der Waals surface area (Å²) in [7, 11) is 3.61. The van der Waals surface area contributed by atoms with E-state index in [1.54, 1.807) is 7.11 Å². The fraction of sp³-hybridized carbons (Fsp3) is 0.938. The predicted molar refractivity (Wildman–Crippen MR) is 94.3 cm³/mol. The van der Waals surface area contributed by atoms with Gasteiger partial charge in [-0.15, -0.1) is 0 Å². The number of hydrogen-bond acceptors (Lipinski definition) is 3. The molecule has 0 amide bonds. The lowest BCUT2D eigenvalue weighted by atomic mass is 9.89. The molecule has 0 aromatic heterocycles. The number of aliphatic imine (C=N–C) groups is 1. The Hall–Kier alpha value is -0.420.